The number of para-hydroxylation sites is 1. The third kappa shape index (κ3) is 4.97. The normalized spacial score (nSPS) is 16.9. The molecule has 0 aliphatic carbocycles. The molecule has 0 unspecified atom stereocenters. The van der Waals surface area contributed by atoms with Gasteiger partial charge in [-0.3, -0.25) is 14.5 Å². The summed E-state index contributed by atoms with van der Waals surface area (Å²) in [5.74, 6) is -0.621. The fourth-order valence-corrected chi connectivity index (χ4v) is 4.12. The third-order valence-electron chi connectivity index (χ3n) is 5.81. The van der Waals surface area contributed by atoms with Crippen molar-refractivity contribution in [1.29, 1.82) is 0 Å². The van der Waals surface area contributed by atoms with Crippen molar-refractivity contribution in [3.63, 3.8) is 0 Å². The summed E-state index contributed by atoms with van der Waals surface area (Å²) in [5, 5.41) is 5.66. The molecule has 1 aliphatic heterocycles. The van der Waals surface area contributed by atoms with Crippen molar-refractivity contribution in [2.45, 2.75) is 18.7 Å². The lowest BCUT2D eigenvalue weighted by molar-refractivity contribution is -0.121. The standard InChI is InChI=1S/C28H23N3O5/c32-26(23-15-8-16-35-23)30-22-14-7-11-20(17-22)25-24(27(33)29-21-12-5-2-6-13-21)31(28(34)36-25)18-19-9-3-1-4-10-19/h1-17,24-25H,18H2,(H,29,33)(H,30,32)/t24-,25-/m0/s1. The number of nitrogens with one attached hydrogen (secondary N) is 2. The molecule has 1 saturated heterocycles. The Morgan fingerprint density at radius 3 is 2.25 bits per heavy atom. The van der Waals surface area contributed by atoms with Gasteiger partial charge in [0.15, 0.2) is 17.9 Å². The predicted molar refractivity (Wildman–Crippen MR) is 133 cm³/mol. The number of rotatable bonds is 7. The lowest BCUT2D eigenvalue weighted by Crippen LogP contribution is -2.43. The molecule has 36 heavy (non-hydrogen) atoms. The maximum atomic E-state index is 13.5. The Morgan fingerprint density at radius 2 is 1.53 bits per heavy atom. The molecule has 2 atom stereocenters. The molecule has 8 nitrogen and oxygen atoms in total. The molecule has 1 fully saturated rings. The average Bonchev–Trinajstić information content (AvgIpc) is 3.54. The topological polar surface area (TPSA) is 101 Å². The summed E-state index contributed by atoms with van der Waals surface area (Å²) in [7, 11) is 0. The number of cyclic esters (lactones) is 1. The summed E-state index contributed by atoms with van der Waals surface area (Å²) in [4.78, 5) is 40.3. The van der Waals surface area contributed by atoms with Crippen molar-refractivity contribution in [3.05, 3.63) is 120 Å². The molecule has 2 heterocycles. The van der Waals surface area contributed by atoms with Gasteiger partial charge in [0.25, 0.3) is 11.8 Å². The zero-order chi connectivity index (χ0) is 24.9. The van der Waals surface area contributed by atoms with Gasteiger partial charge < -0.3 is 19.8 Å². The molecule has 0 bridgehead atoms. The molecule has 3 aromatic carbocycles. The predicted octanol–water partition coefficient (Wildman–Crippen LogP) is 5.23. The van der Waals surface area contributed by atoms with E-state index < -0.39 is 24.1 Å². The third-order valence-corrected chi connectivity index (χ3v) is 5.81. The van der Waals surface area contributed by atoms with Crippen LogP contribution in [0.25, 0.3) is 0 Å². The van der Waals surface area contributed by atoms with Crippen molar-refractivity contribution in [2.75, 3.05) is 10.6 Å². The molecule has 0 saturated carbocycles. The van der Waals surface area contributed by atoms with Crippen LogP contribution in [0.3, 0.4) is 0 Å². The van der Waals surface area contributed by atoms with E-state index in [9.17, 15) is 14.4 Å². The number of nitrogens with zero attached hydrogens (tertiary/aromatic N) is 1. The number of benzene rings is 3. The molecule has 5 rings (SSSR count). The average molecular weight is 482 g/mol. The molecule has 1 aliphatic rings. The number of amides is 3. The van der Waals surface area contributed by atoms with Crippen LogP contribution < -0.4 is 10.6 Å². The molecule has 3 amide bonds. The first-order chi connectivity index (χ1) is 17.6. The Bertz CT molecular complexity index is 1360. The molecular weight excluding hydrogens is 458 g/mol. The second-order valence-corrected chi connectivity index (χ2v) is 8.27. The first-order valence-electron chi connectivity index (χ1n) is 11.4. The number of anilines is 2. The van der Waals surface area contributed by atoms with E-state index in [0.29, 0.717) is 16.9 Å². The summed E-state index contributed by atoms with van der Waals surface area (Å²) in [6.07, 6.45) is -0.0619. The molecule has 1 aromatic heterocycles. The lowest BCUT2D eigenvalue weighted by Gasteiger charge is -2.24. The van der Waals surface area contributed by atoms with E-state index in [1.807, 2.05) is 48.5 Å². The van der Waals surface area contributed by atoms with Gasteiger partial charge in [-0.15, -0.1) is 0 Å². The summed E-state index contributed by atoms with van der Waals surface area (Å²) >= 11 is 0. The highest BCUT2D eigenvalue weighted by Gasteiger charge is 2.47. The fraction of sp³-hybridized carbons (Fsp3) is 0.107. The Kier molecular flexibility index (Phi) is 6.48. The van der Waals surface area contributed by atoms with Crippen LogP contribution in [-0.4, -0.2) is 28.8 Å². The largest absolute Gasteiger partial charge is 0.459 e. The fourth-order valence-electron chi connectivity index (χ4n) is 4.12. The minimum absolute atomic E-state index is 0.168. The second-order valence-electron chi connectivity index (χ2n) is 8.27. The van der Waals surface area contributed by atoms with Gasteiger partial charge in [0.2, 0.25) is 0 Å². The highest BCUT2D eigenvalue weighted by molar-refractivity contribution is 6.02. The summed E-state index contributed by atoms with van der Waals surface area (Å²) in [6.45, 7) is 0.206. The van der Waals surface area contributed by atoms with E-state index >= 15 is 0 Å². The highest BCUT2D eigenvalue weighted by Crippen LogP contribution is 2.35. The molecule has 0 spiro atoms. The monoisotopic (exact) mass is 481 g/mol. The molecule has 0 radical (unpaired) electrons. The van der Waals surface area contributed by atoms with Crippen LogP contribution in [0.5, 0.6) is 0 Å². The summed E-state index contributed by atoms with van der Waals surface area (Å²) in [5.41, 5.74) is 2.53. The van der Waals surface area contributed by atoms with Gasteiger partial charge in [0.1, 0.15) is 0 Å². The molecule has 2 N–H and O–H groups in total. The van der Waals surface area contributed by atoms with Gasteiger partial charge in [0, 0.05) is 11.4 Å². The van der Waals surface area contributed by atoms with Crippen molar-refractivity contribution in [1.82, 2.24) is 4.90 Å². The van der Waals surface area contributed by atoms with Crippen molar-refractivity contribution in [3.8, 4) is 0 Å². The van der Waals surface area contributed by atoms with E-state index in [4.69, 9.17) is 9.15 Å². The number of ether oxygens (including phenoxy) is 1. The highest BCUT2D eigenvalue weighted by atomic mass is 16.6. The Morgan fingerprint density at radius 1 is 0.806 bits per heavy atom. The number of hydrogen-bond acceptors (Lipinski definition) is 5. The van der Waals surface area contributed by atoms with E-state index in [2.05, 4.69) is 10.6 Å². The van der Waals surface area contributed by atoms with Crippen molar-refractivity contribution < 1.29 is 23.5 Å². The van der Waals surface area contributed by atoms with Gasteiger partial charge >= 0.3 is 6.09 Å². The van der Waals surface area contributed by atoms with Crippen LogP contribution in [0, 0.1) is 0 Å². The van der Waals surface area contributed by atoms with E-state index in [1.54, 1.807) is 48.5 Å². The molecular formula is C28H23N3O5. The van der Waals surface area contributed by atoms with Gasteiger partial charge in [-0.2, -0.15) is 0 Å². The van der Waals surface area contributed by atoms with Crippen LogP contribution in [-0.2, 0) is 16.1 Å². The second kappa shape index (κ2) is 10.2. The van der Waals surface area contributed by atoms with Gasteiger partial charge in [-0.1, -0.05) is 60.7 Å². The number of carbonyl (C=O) groups excluding carboxylic acids is 3. The zero-order valence-electron chi connectivity index (χ0n) is 19.2. The van der Waals surface area contributed by atoms with E-state index in [0.717, 1.165) is 5.56 Å². The molecule has 4 aromatic rings. The molecule has 180 valence electrons. The molecule has 8 heteroatoms. The summed E-state index contributed by atoms with van der Waals surface area (Å²) in [6, 6.07) is 27.6. The zero-order valence-corrected chi connectivity index (χ0v) is 19.2. The first-order valence-corrected chi connectivity index (χ1v) is 11.4. The van der Waals surface area contributed by atoms with Crippen LogP contribution in [0.1, 0.15) is 27.8 Å². The minimum Gasteiger partial charge on any atom is -0.459 e. The lowest BCUT2D eigenvalue weighted by atomic mass is 10.00. The number of furan rings is 1. The van der Waals surface area contributed by atoms with Crippen LogP contribution in [0.15, 0.2) is 108 Å². The SMILES string of the molecule is O=C(Nc1cccc([C@@H]2OC(=O)N(Cc3ccccc3)[C@@H]2C(=O)Nc2ccccc2)c1)c1ccco1. The van der Waals surface area contributed by atoms with E-state index in [1.165, 1.54) is 11.2 Å². The van der Waals surface area contributed by atoms with Crippen LogP contribution in [0.4, 0.5) is 16.2 Å². The smallest absolute Gasteiger partial charge is 0.411 e. The van der Waals surface area contributed by atoms with Crippen LogP contribution in [0.2, 0.25) is 0 Å². The minimum atomic E-state index is -0.936. The first kappa shape index (κ1) is 22.9. The Labute approximate surface area is 207 Å². The van der Waals surface area contributed by atoms with Gasteiger partial charge in [-0.25, -0.2) is 4.79 Å². The van der Waals surface area contributed by atoms with Crippen molar-refractivity contribution >= 4 is 29.3 Å². The number of hydrogen-bond donors (Lipinski definition) is 2. The van der Waals surface area contributed by atoms with E-state index in [-0.39, 0.29) is 18.2 Å². The Balaban J connectivity index is 1.44. The Hall–Kier alpha value is -4.85. The summed E-state index contributed by atoms with van der Waals surface area (Å²) < 4.78 is 10.9. The van der Waals surface area contributed by atoms with Gasteiger partial charge in [0.05, 0.1) is 12.8 Å². The van der Waals surface area contributed by atoms with Gasteiger partial charge in [-0.05, 0) is 47.5 Å². The maximum Gasteiger partial charge on any atom is 0.411 e. The quantitative estimate of drug-likeness (QED) is 0.376. The number of carbonyl (C=O) groups is 3. The maximum absolute atomic E-state index is 13.5. The van der Waals surface area contributed by atoms with Crippen LogP contribution >= 0.6 is 0 Å². The van der Waals surface area contributed by atoms with Crippen molar-refractivity contribution in [2.24, 2.45) is 0 Å².